The number of carbonyl (C=O) groups excluding carboxylic acids is 1. The van der Waals surface area contributed by atoms with Gasteiger partial charge in [0.15, 0.2) is 0 Å². The Morgan fingerprint density at radius 1 is 1.44 bits per heavy atom. The summed E-state index contributed by atoms with van der Waals surface area (Å²) in [5.74, 6) is 0.866. The molecule has 1 aromatic carbocycles. The number of carbonyl (C=O) groups is 1. The van der Waals surface area contributed by atoms with Crippen molar-refractivity contribution in [2.75, 3.05) is 22.6 Å². The van der Waals surface area contributed by atoms with Crippen LogP contribution in [-0.2, 0) is 15.6 Å². The minimum absolute atomic E-state index is 0.166. The Labute approximate surface area is 114 Å². The van der Waals surface area contributed by atoms with Gasteiger partial charge in [0.2, 0.25) is 5.91 Å². The minimum atomic E-state index is -0.913. The molecule has 0 aromatic heterocycles. The van der Waals surface area contributed by atoms with Crippen LogP contribution < -0.4 is 11.1 Å². The third kappa shape index (κ3) is 5.06. The van der Waals surface area contributed by atoms with Crippen molar-refractivity contribution >= 4 is 39.7 Å². The van der Waals surface area contributed by atoms with Gasteiger partial charge in [-0.25, -0.2) is 0 Å². The summed E-state index contributed by atoms with van der Waals surface area (Å²) >= 11 is 5.78. The monoisotopic (exact) mass is 288 g/mol. The van der Waals surface area contributed by atoms with E-state index in [1.54, 1.807) is 18.2 Å². The Bertz CT molecular complexity index is 452. The van der Waals surface area contributed by atoms with E-state index in [9.17, 15) is 9.00 Å². The average molecular weight is 289 g/mol. The molecule has 1 unspecified atom stereocenters. The molecule has 0 fully saturated rings. The fourth-order valence-electron chi connectivity index (χ4n) is 1.38. The summed E-state index contributed by atoms with van der Waals surface area (Å²) in [7, 11) is -0.913. The lowest BCUT2D eigenvalue weighted by atomic mass is 10.2. The van der Waals surface area contributed by atoms with Gasteiger partial charge in [-0.05, 0) is 24.6 Å². The lowest BCUT2D eigenvalue weighted by Gasteiger charge is -2.06. The summed E-state index contributed by atoms with van der Waals surface area (Å²) in [5, 5.41) is 3.15. The van der Waals surface area contributed by atoms with E-state index < -0.39 is 10.8 Å². The highest BCUT2D eigenvalue weighted by molar-refractivity contribution is 7.84. The zero-order chi connectivity index (χ0) is 13.5. The number of rotatable bonds is 6. The van der Waals surface area contributed by atoms with Gasteiger partial charge >= 0.3 is 0 Å². The van der Waals surface area contributed by atoms with Crippen molar-refractivity contribution in [1.82, 2.24) is 0 Å². The van der Waals surface area contributed by atoms with Crippen molar-refractivity contribution in [2.24, 2.45) is 0 Å². The number of nitrogens with one attached hydrogen (secondary N) is 1. The van der Waals surface area contributed by atoms with Crippen LogP contribution in [0.15, 0.2) is 18.2 Å². The van der Waals surface area contributed by atoms with Gasteiger partial charge in [-0.3, -0.25) is 9.00 Å². The molecule has 0 saturated carbocycles. The predicted molar refractivity (Wildman–Crippen MR) is 77.3 cm³/mol. The molecule has 0 spiro atoms. The summed E-state index contributed by atoms with van der Waals surface area (Å²) in [6, 6.07) is 4.91. The molecule has 1 rings (SSSR count). The fourth-order valence-corrected chi connectivity index (χ4v) is 2.57. The average Bonchev–Trinajstić information content (AvgIpc) is 2.32. The number of hydrogen-bond acceptors (Lipinski definition) is 3. The van der Waals surface area contributed by atoms with Gasteiger partial charge in [-0.1, -0.05) is 18.5 Å². The molecule has 0 saturated heterocycles. The quantitative estimate of drug-likeness (QED) is 0.790. The number of halogens is 1. The number of nitrogens with two attached hydrogens (primary N) is 1. The Kier molecular flexibility index (Phi) is 6.15. The van der Waals surface area contributed by atoms with E-state index in [4.69, 9.17) is 17.3 Å². The molecule has 18 heavy (non-hydrogen) atoms. The highest BCUT2D eigenvalue weighted by Gasteiger charge is 2.06. The van der Waals surface area contributed by atoms with Crippen LogP contribution in [-0.4, -0.2) is 21.6 Å². The molecule has 1 aromatic rings. The molecule has 0 aliphatic heterocycles. The first kappa shape index (κ1) is 15.0. The van der Waals surface area contributed by atoms with Crippen LogP contribution in [0.2, 0.25) is 5.02 Å². The molecule has 100 valence electrons. The smallest absolute Gasteiger partial charge is 0.225 e. The largest absolute Gasteiger partial charge is 0.397 e. The molecule has 6 heteroatoms. The lowest BCUT2D eigenvalue weighted by Crippen LogP contribution is -2.15. The summed E-state index contributed by atoms with van der Waals surface area (Å²) in [6.07, 6.45) is 1.11. The van der Waals surface area contributed by atoms with Gasteiger partial charge in [0.25, 0.3) is 0 Å². The molecule has 1 amide bonds. The number of anilines is 2. The van der Waals surface area contributed by atoms with Gasteiger partial charge in [0.1, 0.15) is 0 Å². The van der Waals surface area contributed by atoms with Crippen LogP contribution in [0, 0.1) is 0 Å². The topological polar surface area (TPSA) is 72.2 Å². The normalized spacial score (nSPS) is 12.1. The molecule has 0 heterocycles. The van der Waals surface area contributed by atoms with E-state index in [0.717, 1.165) is 6.42 Å². The molecule has 0 aliphatic carbocycles. The van der Waals surface area contributed by atoms with E-state index >= 15 is 0 Å². The maximum Gasteiger partial charge on any atom is 0.225 e. The number of amides is 1. The standard InChI is InChI=1S/C12H17ClN2O2S/c1-2-6-18(17)7-5-12(16)15-9-3-4-10(13)11(14)8-9/h3-4,8H,2,5-7,14H2,1H3,(H,15,16). The second kappa shape index (κ2) is 7.38. The first-order chi connectivity index (χ1) is 8.52. The maximum absolute atomic E-state index is 11.6. The lowest BCUT2D eigenvalue weighted by molar-refractivity contribution is -0.115. The Hall–Kier alpha value is -1.07. The summed E-state index contributed by atoms with van der Waals surface area (Å²) in [5.41, 5.74) is 6.65. The van der Waals surface area contributed by atoms with Crippen LogP contribution in [0.25, 0.3) is 0 Å². The first-order valence-electron chi connectivity index (χ1n) is 5.72. The molecule has 4 nitrogen and oxygen atoms in total. The second-order valence-corrected chi connectivity index (χ2v) is 5.99. The third-order valence-electron chi connectivity index (χ3n) is 2.27. The summed E-state index contributed by atoms with van der Waals surface area (Å²) in [6.45, 7) is 1.97. The van der Waals surface area contributed by atoms with Gasteiger partial charge in [-0.2, -0.15) is 0 Å². The van der Waals surface area contributed by atoms with E-state index in [2.05, 4.69) is 5.32 Å². The Balaban J connectivity index is 2.44. The zero-order valence-electron chi connectivity index (χ0n) is 10.2. The molecule has 0 bridgehead atoms. The third-order valence-corrected chi connectivity index (χ3v) is 4.14. The van der Waals surface area contributed by atoms with Crippen molar-refractivity contribution in [3.05, 3.63) is 23.2 Å². The molecular formula is C12H17ClN2O2S. The molecule has 0 radical (unpaired) electrons. The van der Waals surface area contributed by atoms with Crippen molar-refractivity contribution < 1.29 is 9.00 Å². The zero-order valence-corrected chi connectivity index (χ0v) is 11.8. The number of hydrogen-bond donors (Lipinski definition) is 2. The van der Waals surface area contributed by atoms with Crippen LogP contribution in [0.4, 0.5) is 11.4 Å². The van der Waals surface area contributed by atoms with E-state index in [1.165, 1.54) is 0 Å². The van der Waals surface area contributed by atoms with Crippen LogP contribution in [0.1, 0.15) is 19.8 Å². The highest BCUT2D eigenvalue weighted by atomic mass is 35.5. The van der Waals surface area contributed by atoms with Gasteiger partial charge < -0.3 is 11.1 Å². The SMILES string of the molecule is CCCS(=O)CCC(=O)Nc1ccc(Cl)c(N)c1. The van der Waals surface area contributed by atoms with Gasteiger partial charge in [0, 0.05) is 34.4 Å². The predicted octanol–water partition coefficient (Wildman–Crippen LogP) is 2.41. The van der Waals surface area contributed by atoms with Crippen molar-refractivity contribution in [1.29, 1.82) is 0 Å². The van der Waals surface area contributed by atoms with Gasteiger partial charge in [0.05, 0.1) is 10.7 Å². The van der Waals surface area contributed by atoms with E-state index in [1.807, 2.05) is 6.92 Å². The van der Waals surface area contributed by atoms with Crippen LogP contribution in [0.3, 0.4) is 0 Å². The molecule has 0 aliphatic rings. The van der Waals surface area contributed by atoms with Crippen LogP contribution >= 0.6 is 11.6 Å². The van der Waals surface area contributed by atoms with E-state index in [-0.39, 0.29) is 12.3 Å². The maximum atomic E-state index is 11.6. The highest BCUT2D eigenvalue weighted by Crippen LogP contribution is 2.22. The molecule has 1 atom stereocenters. The molecule has 3 N–H and O–H groups in total. The Morgan fingerprint density at radius 3 is 2.78 bits per heavy atom. The van der Waals surface area contributed by atoms with Crippen molar-refractivity contribution in [3.63, 3.8) is 0 Å². The van der Waals surface area contributed by atoms with E-state index in [0.29, 0.717) is 27.9 Å². The summed E-state index contributed by atoms with van der Waals surface area (Å²) < 4.78 is 11.4. The fraction of sp³-hybridized carbons (Fsp3) is 0.417. The number of benzene rings is 1. The Morgan fingerprint density at radius 2 is 2.17 bits per heavy atom. The molecular weight excluding hydrogens is 272 g/mol. The van der Waals surface area contributed by atoms with Crippen molar-refractivity contribution in [3.8, 4) is 0 Å². The number of nitrogen functional groups attached to an aromatic ring is 1. The first-order valence-corrected chi connectivity index (χ1v) is 7.59. The minimum Gasteiger partial charge on any atom is -0.397 e. The van der Waals surface area contributed by atoms with Gasteiger partial charge in [-0.15, -0.1) is 0 Å². The second-order valence-electron chi connectivity index (χ2n) is 3.88. The van der Waals surface area contributed by atoms with Crippen molar-refractivity contribution in [2.45, 2.75) is 19.8 Å². The summed E-state index contributed by atoms with van der Waals surface area (Å²) in [4.78, 5) is 11.6. The van der Waals surface area contributed by atoms with Crippen LogP contribution in [0.5, 0.6) is 0 Å².